The number of carboxylic acid groups (broad SMARTS) is 1. The van der Waals surface area contributed by atoms with E-state index < -0.39 is 12.0 Å². The minimum Gasteiger partial charge on any atom is -0.480 e. The van der Waals surface area contributed by atoms with E-state index in [1.165, 1.54) is 0 Å². The van der Waals surface area contributed by atoms with E-state index in [0.717, 1.165) is 6.54 Å². The molecule has 0 bridgehead atoms. The number of halogens is 1. The molecule has 1 aromatic heterocycles. The van der Waals surface area contributed by atoms with Gasteiger partial charge in [0, 0.05) is 19.6 Å². The van der Waals surface area contributed by atoms with E-state index >= 15 is 0 Å². The molecule has 0 aromatic carbocycles. The number of aromatic nitrogens is 1. The van der Waals surface area contributed by atoms with Gasteiger partial charge in [0.1, 0.15) is 16.5 Å². The highest BCUT2D eigenvalue weighted by molar-refractivity contribution is 9.10. The SMILES string of the molecule is O=C(O)C1CNCCN1c1cccc(Br)n1. The zero-order chi connectivity index (χ0) is 11.5. The first kappa shape index (κ1) is 11.3. The van der Waals surface area contributed by atoms with Gasteiger partial charge < -0.3 is 15.3 Å². The minimum atomic E-state index is -0.825. The molecule has 0 radical (unpaired) electrons. The summed E-state index contributed by atoms with van der Waals surface area (Å²) in [6.45, 7) is 1.88. The number of carboxylic acids is 1. The first-order valence-corrected chi connectivity index (χ1v) is 5.80. The van der Waals surface area contributed by atoms with Crippen molar-refractivity contribution >= 4 is 27.7 Å². The summed E-state index contributed by atoms with van der Waals surface area (Å²) in [6.07, 6.45) is 0. The van der Waals surface area contributed by atoms with Crippen molar-refractivity contribution in [3.05, 3.63) is 22.8 Å². The van der Waals surface area contributed by atoms with E-state index in [1.807, 2.05) is 23.1 Å². The van der Waals surface area contributed by atoms with Crippen LogP contribution >= 0.6 is 15.9 Å². The highest BCUT2D eigenvalue weighted by Crippen LogP contribution is 2.18. The maximum Gasteiger partial charge on any atom is 0.327 e. The standard InChI is InChI=1S/C10H12BrN3O2/c11-8-2-1-3-9(13-8)14-5-4-12-6-7(14)10(15)16/h1-3,7,12H,4-6H2,(H,15,16). The fraction of sp³-hybridized carbons (Fsp3) is 0.400. The Bertz CT molecular complexity index is 399. The third-order valence-electron chi connectivity index (χ3n) is 2.52. The van der Waals surface area contributed by atoms with Crippen molar-refractivity contribution in [1.82, 2.24) is 10.3 Å². The van der Waals surface area contributed by atoms with Gasteiger partial charge in [-0.3, -0.25) is 0 Å². The predicted molar refractivity (Wildman–Crippen MR) is 63.6 cm³/mol. The van der Waals surface area contributed by atoms with Gasteiger partial charge in [-0.2, -0.15) is 0 Å². The summed E-state index contributed by atoms with van der Waals surface area (Å²) in [5.74, 6) is -0.128. The van der Waals surface area contributed by atoms with Crippen LogP contribution in [0.15, 0.2) is 22.8 Å². The zero-order valence-corrected chi connectivity index (χ0v) is 10.1. The van der Waals surface area contributed by atoms with Crippen molar-refractivity contribution in [2.75, 3.05) is 24.5 Å². The van der Waals surface area contributed by atoms with Crippen LogP contribution in [0.5, 0.6) is 0 Å². The number of nitrogens with zero attached hydrogens (tertiary/aromatic N) is 2. The molecule has 1 atom stereocenters. The van der Waals surface area contributed by atoms with E-state index in [-0.39, 0.29) is 0 Å². The van der Waals surface area contributed by atoms with Crippen molar-refractivity contribution in [1.29, 1.82) is 0 Å². The van der Waals surface area contributed by atoms with Gasteiger partial charge >= 0.3 is 5.97 Å². The maximum atomic E-state index is 11.1. The van der Waals surface area contributed by atoms with Gasteiger partial charge in [0.05, 0.1) is 0 Å². The van der Waals surface area contributed by atoms with Crippen molar-refractivity contribution in [2.45, 2.75) is 6.04 Å². The highest BCUT2D eigenvalue weighted by Gasteiger charge is 2.29. The van der Waals surface area contributed by atoms with Crippen LogP contribution in [0, 0.1) is 0 Å². The van der Waals surface area contributed by atoms with Gasteiger partial charge in [-0.15, -0.1) is 0 Å². The van der Waals surface area contributed by atoms with Crippen LogP contribution in [-0.4, -0.2) is 41.7 Å². The Morgan fingerprint density at radius 3 is 3.12 bits per heavy atom. The molecule has 5 nitrogen and oxygen atoms in total. The molecule has 1 aromatic rings. The van der Waals surface area contributed by atoms with Crippen LogP contribution < -0.4 is 10.2 Å². The van der Waals surface area contributed by atoms with Crippen LogP contribution in [0.3, 0.4) is 0 Å². The van der Waals surface area contributed by atoms with Gasteiger partial charge in [0.15, 0.2) is 0 Å². The van der Waals surface area contributed by atoms with Crippen LogP contribution in [0.4, 0.5) is 5.82 Å². The first-order valence-electron chi connectivity index (χ1n) is 5.01. The summed E-state index contributed by atoms with van der Waals surface area (Å²) in [5.41, 5.74) is 0. The quantitative estimate of drug-likeness (QED) is 0.784. The number of hydrogen-bond acceptors (Lipinski definition) is 4. The second-order valence-electron chi connectivity index (χ2n) is 3.57. The fourth-order valence-corrected chi connectivity index (χ4v) is 2.09. The van der Waals surface area contributed by atoms with Crippen molar-refractivity contribution < 1.29 is 9.90 Å². The van der Waals surface area contributed by atoms with Crippen molar-refractivity contribution in [3.8, 4) is 0 Å². The highest BCUT2D eigenvalue weighted by atomic mass is 79.9. The maximum absolute atomic E-state index is 11.1. The number of anilines is 1. The summed E-state index contributed by atoms with van der Waals surface area (Å²) in [7, 11) is 0. The molecule has 6 heteroatoms. The molecule has 86 valence electrons. The lowest BCUT2D eigenvalue weighted by atomic mass is 10.2. The zero-order valence-electron chi connectivity index (χ0n) is 8.56. The molecule has 1 fully saturated rings. The van der Waals surface area contributed by atoms with Gasteiger partial charge in [-0.25, -0.2) is 9.78 Å². The van der Waals surface area contributed by atoms with E-state index in [2.05, 4.69) is 26.2 Å². The van der Waals surface area contributed by atoms with E-state index in [9.17, 15) is 4.79 Å². The number of piperazine rings is 1. The molecular formula is C10H12BrN3O2. The third-order valence-corrected chi connectivity index (χ3v) is 2.96. The molecule has 1 unspecified atom stereocenters. The lowest BCUT2D eigenvalue weighted by molar-refractivity contribution is -0.138. The largest absolute Gasteiger partial charge is 0.480 e. The number of pyridine rings is 1. The predicted octanol–water partition coefficient (Wildman–Crippen LogP) is 0.707. The molecule has 0 amide bonds. The molecule has 2 heterocycles. The minimum absolute atomic E-state index is 0.448. The number of nitrogens with one attached hydrogen (secondary N) is 1. The van der Waals surface area contributed by atoms with Gasteiger partial charge in [-0.05, 0) is 28.1 Å². The third kappa shape index (κ3) is 2.33. The monoisotopic (exact) mass is 285 g/mol. The van der Waals surface area contributed by atoms with Crippen molar-refractivity contribution in [3.63, 3.8) is 0 Å². The average Bonchev–Trinajstić information content (AvgIpc) is 2.29. The molecular weight excluding hydrogens is 274 g/mol. The molecule has 16 heavy (non-hydrogen) atoms. The van der Waals surface area contributed by atoms with Gasteiger partial charge in [0.2, 0.25) is 0 Å². The smallest absolute Gasteiger partial charge is 0.327 e. The first-order chi connectivity index (χ1) is 7.68. The van der Waals surface area contributed by atoms with Crippen LogP contribution in [0.2, 0.25) is 0 Å². The summed E-state index contributed by atoms with van der Waals surface area (Å²) in [4.78, 5) is 17.2. The number of carbonyl (C=O) groups is 1. The normalized spacial score (nSPS) is 20.8. The molecule has 0 spiro atoms. The second kappa shape index (κ2) is 4.80. The van der Waals surface area contributed by atoms with E-state index in [4.69, 9.17) is 5.11 Å². The van der Waals surface area contributed by atoms with Gasteiger partial charge in [-0.1, -0.05) is 6.07 Å². The molecule has 1 aliphatic rings. The van der Waals surface area contributed by atoms with Crippen LogP contribution in [0.1, 0.15) is 0 Å². The Morgan fingerprint density at radius 1 is 1.62 bits per heavy atom. The summed E-state index contributed by atoms with van der Waals surface area (Å²) in [6, 6.07) is 4.96. The van der Waals surface area contributed by atoms with Gasteiger partial charge in [0.25, 0.3) is 0 Å². The second-order valence-corrected chi connectivity index (χ2v) is 4.38. The van der Waals surface area contributed by atoms with Crippen LogP contribution in [-0.2, 0) is 4.79 Å². The molecule has 0 saturated carbocycles. The molecule has 1 saturated heterocycles. The average molecular weight is 286 g/mol. The number of aliphatic carboxylic acids is 1. The lowest BCUT2D eigenvalue weighted by Crippen LogP contribution is -2.55. The van der Waals surface area contributed by atoms with E-state index in [0.29, 0.717) is 23.5 Å². The Hall–Kier alpha value is -1.14. The summed E-state index contributed by atoms with van der Waals surface area (Å²) in [5, 5.41) is 12.2. The lowest BCUT2D eigenvalue weighted by Gasteiger charge is -2.34. The summed E-state index contributed by atoms with van der Waals surface area (Å²) >= 11 is 3.28. The Labute approximate surface area is 102 Å². The Morgan fingerprint density at radius 2 is 2.44 bits per heavy atom. The molecule has 2 rings (SSSR count). The molecule has 1 aliphatic heterocycles. The molecule has 0 aliphatic carbocycles. The summed E-state index contributed by atoms with van der Waals surface area (Å²) < 4.78 is 0.715. The topological polar surface area (TPSA) is 65.5 Å². The fourth-order valence-electron chi connectivity index (χ4n) is 1.76. The van der Waals surface area contributed by atoms with Crippen LogP contribution in [0.25, 0.3) is 0 Å². The molecule has 2 N–H and O–H groups in total. The van der Waals surface area contributed by atoms with Crippen molar-refractivity contribution in [2.24, 2.45) is 0 Å². The number of rotatable bonds is 2. The Balaban J connectivity index is 2.26. The Kier molecular flexibility index (Phi) is 3.40. The number of hydrogen-bond donors (Lipinski definition) is 2. The van der Waals surface area contributed by atoms with E-state index in [1.54, 1.807) is 0 Å².